The van der Waals surface area contributed by atoms with E-state index in [1.807, 2.05) is 0 Å². The van der Waals surface area contributed by atoms with Crippen molar-refractivity contribution in [3.05, 3.63) is 71.8 Å². The zero-order chi connectivity index (χ0) is 20.9. The fourth-order valence-electron chi connectivity index (χ4n) is 5.92. The summed E-state index contributed by atoms with van der Waals surface area (Å²) in [7, 11) is 0. The van der Waals surface area contributed by atoms with Crippen molar-refractivity contribution in [2.45, 2.75) is 76.3 Å². The molecule has 0 aromatic heterocycles. The number of nitrogens with zero attached hydrogens (tertiary/aromatic N) is 2. The molecule has 3 heteroatoms. The lowest BCUT2D eigenvalue weighted by Crippen LogP contribution is -2.50. The Morgan fingerprint density at radius 1 is 0.767 bits per heavy atom. The molecule has 2 fully saturated rings. The summed E-state index contributed by atoms with van der Waals surface area (Å²) in [5, 5.41) is 0. The van der Waals surface area contributed by atoms with Crippen molar-refractivity contribution >= 4 is 6.03 Å². The minimum Gasteiger partial charge on any atom is -0.321 e. The van der Waals surface area contributed by atoms with Crippen LogP contribution in [0.3, 0.4) is 0 Å². The Morgan fingerprint density at radius 2 is 1.17 bits per heavy atom. The van der Waals surface area contributed by atoms with Gasteiger partial charge in [0.2, 0.25) is 0 Å². The van der Waals surface area contributed by atoms with Crippen LogP contribution in [0.15, 0.2) is 60.7 Å². The highest BCUT2D eigenvalue weighted by molar-refractivity contribution is 5.76. The van der Waals surface area contributed by atoms with Crippen molar-refractivity contribution < 1.29 is 4.79 Å². The van der Waals surface area contributed by atoms with Gasteiger partial charge < -0.3 is 9.80 Å². The maximum Gasteiger partial charge on any atom is 0.320 e. The van der Waals surface area contributed by atoms with Crippen molar-refractivity contribution in [2.75, 3.05) is 13.1 Å². The molecular weight excluding hydrogens is 368 g/mol. The van der Waals surface area contributed by atoms with E-state index in [2.05, 4.69) is 84.3 Å². The van der Waals surface area contributed by atoms with Crippen LogP contribution >= 0.6 is 0 Å². The van der Waals surface area contributed by atoms with Gasteiger partial charge in [0.05, 0.1) is 0 Å². The molecule has 2 heterocycles. The van der Waals surface area contributed by atoms with E-state index in [4.69, 9.17) is 0 Å². The molecule has 2 aromatic carbocycles. The molecule has 2 saturated heterocycles. The fourth-order valence-corrected chi connectivity index (χ4v) is 5.92. The standard InChI is InChI=1S/C27H36N2O/c1-3-23(21-13-7-5-8-14-21)25-17-11-19-28(25)27(30)29-20-12-18-26(29)24(4-2)22-15-9-6-10-16-22/h5-10,13-16,23-26H,3-4,11-12,17-20H2,1-2H3. The van der Waals surface area contributed by atoms with Crippen LogP contribution in [0.25, 0.3) is 0 Å². The smallest absolute Gasteiger partial charge is 0.320 e. The van der Waals surface area contributed by atoms with E-state index in [-0.39, 0.29) is 6.03 Å². The quantitative estimate of drug-likeness (QED) is 0.545. The zero-order valence-corrected chi connectivity index (χ0v) is 18.5. The SMILES string of the molecule is CCC(c1ccccc1)C1CCCN1C(=O)N1CCCC1C(CC)c1ccccc1. The van der Waals surface area contributed by atoms with Crippen LogP contribution in [0, 0.1) is 0 Å². The molecule has 0 spiro atoms. The maximum atomic E-state index is 13.8. The number of likely N-dealkylation sites (tertiary alicyclic amines) is 2. The van der Waals surface area contributed by atoms with Crippen molar-refractivity contribution in [2.24, 2.45) is 0 Å². The molecule has 0 N–H and O–H groups in total. The van der Waals surface area contributed by atoms with Gasteiger partial charge in [-0.25, -0.2) is 4.79 Å². The molecule has 2 aliphatic heterocycles. The first kappa shape index (κ1) is 21.0. The van der Waals surface area contributed by atoms with Gasteiger partial charge in [0.1, 0.15) is 0 Å². The third-order valence-electron chi connectivity index (χ3n) is 7.35. The summed E-state index contributed by atoms with van der Waals surface area (Å²) in [6, 6.07) is 22.5. The van der Waals surface area contributed by atoms with E-state index in [1.165, 1.54) is 11.1 Å². The van der Waals surface area contributed by atoms with Crippen molar-refractivity contribution in [1.82, 2.24) is 9.80 Å². The van der Waals surface area contributed by atoms with Gasteiger partial charge >= 0.3 is 6.03 Å². The van der Waals surface area contributed by atoms with Crippen LogP contribution in [0.1, 0.15) is 75.3 Å². The summed E-state index contributed by atoms with van der Waals surface area (Å²) in [5.74, 6) is 0.851. The van der Waals surface area contributed by atoms with Gasteiger partial charge in [-0.15, -0.1) is 0 Å². The molecule has 2 aliphatic rings. The monoisotopic (exact) mass is 404 g/mol. The molecule has 0 aliphatic carbocycles. The van der Waals surface area contributed by atoms with E-state index in [0.29, 0.717) is 23.9 Å². The Kier molecular flexibility index (Phi) is 6.76. The third kappa shape index (κ3) is 4.12. The lowest BCUT2D eigenvalue weighted by atomic mass is 9.87. The van der Waals surface area contributed by atoms with Gasteiger partial charge in [-0.05, 0) is 49.7 Å². The van der Waals surface area contributed by atoms with Gasteiger partial charge in [0.25, 0.3) is 0 Å². The average Bonchev–Trinajstić information content (AvgIpc) is 3.46. The van der Waals surface area contributed by atoms with E-state index >= 15 is 0 Å². The van der Waals surface area contributed by atoms with Gasteiger partial charge in [0, 0.05) is 37.0 Å². The first-order chi connectivity index (χ1) is 14.7. The molecule has 0 saturated carbocycles. The van der Waals surface area contributed by atoms with Crippen molar-refractivity contribution in [3.63, 3.8) is 0 Å². The van der Waals surface area contributed by atoms with Crippen LogP contribution in [0.2, 0.25) is 0 Å². The number of benzene rings is 2. The number of amides is 2. The molecule has 4 atom stereocenters. The highest BCUT2D eigenvalue weighted by atomic mass is 16.2. The van der Waals surface area contributed by atoms with E-state index in [9.17, 15) is 4.79 Å². The molecule has 3 nitrogen and oxygen atoms in total. The molecular formula is C27H36N2O. The summed E-state index contributed by atoms with van der Waals surface area (Å²) in [4.78, 5) is 18.3. The number of hydrogen-bond acceptors (Lipinski definition) is 1. The van der Waals surface area contributed by atoms with Crippen LogP contribution in [-0.4, -0.2) is 41.0 Å². The Morgan fingerprint density at radius 3 is 1.53 bits per heavy atom. The first-order valence-electron chi connectivity index (χ1n) is 11.9. The van der Waals surface area contributed by atoms with Crippen molar-refractivity contribution in [1.29, 1.82) is 0 Å². The van der Waals surface area contributed by atoms with E-state index < -0.39 is 0 Å². The summed E-state index contributed by atoms with van der Waals surface area (Å²) in [5.41, 5.74) is 2.75. The highest BCUT2D eigenvalue weighted by Crippen LogP contribution is 2.38. The van der Waals surface area contributed by atoms with Gasteiger partial charge in [-0.2, -0.15) is 0 Å². The van der Waals surface area contributed by atoms with Crippen molar-refractivity contribution in [3.8, 4) is 0 Å². The predicted octanol–water partition coefficient (Wildman–Crippen LogP) is 6.42. The third-order valence-corrected chi connectivity index (χ3v) is 7.35. The number of carbonyl (C=O) groups is 1. The molecule has 0 radical (unpaired) electrons. The number of carbonyl (C=O) groups excluding carboxylic acids is 1. The first-order valence-corrected chi connectivity index (χ1v) is 11.9. The molecule has 2 aromatic rings. The second-order valence-corrected chi connectivity index (χ2v) is 8.94. The minimum absolute atomic E-state index is 0.281. The Balaban J connectivity index is 1.55. The number of hydrogen-bond donors (Lipinski definition) is 0. The van der Waals surface area contributed by atoms with Crippen LogP contribution < -0.4 is 0 Å². The molecule has 4 rings (SSSR count). The Hall–Kier alpha value is -2.29. The number of rotatable bonds is 6. The molecule has 160 valence electrons. The lowest BCUT2D eigenvalue weighted by molar-refractivity contribution is 0.130. The normalized spacial score (nSPS) is 23.5. The maximum absolute atomic E-state index is 13.8. The van der Waals surface area contributed by atoms with Crippen LogP contribution in [-0.2, 0) is 0 Å². The Bertz CT molecular complexity index is 739. The van der Waals surface area contributed by atoms with Crippen LogP contribution in [0.5, 0.6) is 0 Å². The van der Waals surface area contributed by atoms with E-state index in [0.717, 1.165) is 51.6 Å². The van der Waals surface area contributed by atoms with Gasteiger partial charge in [-0.1, -0.05) is 74.5 Å². The summed E-state index contributed by atoms with van der Waals surface area (Å²) < 4.78 is 0. The summed E-state index contributed by atoms with van der Waals surface area (Å²) in [6.45, 7) is 6.33. The highest BCUT2D eigenvalue weighted by Gasteiger charge is 2.41. The largest absolute Gasteiger partial charge is 0.321 e. The zero-order valence-electron chi connectivity index (χ0n) is 18.5. The molecule has 2 amide bonds. The molecule has 30 heavy (non-hydrogen) atoms. The van der Waals surface area contributed by atoms with Crippen LogP contribution in [0.4, 0.5) is 4.79 Å². The second kappa shape index (κ2) is 9.68. The number of urea groups is 1. The van der Waals surface area contributed by atoms with Gasteiger partial charge in [-0.3, -0.25) is 0 Å². The molecule has 4 unspecified atom stereocenters. The Labute approximate surface area is 182 Å². The fraction of sp³-hybridized carbons (Fsp3) is 0.519. The second-order valence-electron chi connectivity index (χ2n) is 8.94. The minimum atomic E-state index is 0.281. The average molecular weight is 405 g/mol. The van der Waals surface area contributed by atoms with Gasteiger partial charge in [0.15, 0.2) is 0 Å². The van der Waals surface area contributed by atoms with E-state index in [1.54, 1.807) is 0 Å². The summed E-state index contributed by atoms with van der Waals surface area (Å²) >= 11 is 0. The summed E-state index contributed by atoms with van der Waals surface area (Å²) in [6.07, 6.45) is 6.62. The molecule has 0 bridgehead atoms. The topological polar surface area (TPSA) is 23.6 Å². The lowest BCUT2D eigenvalue weighted by Gasteiger charge is -2.38. The predicted molar refractivity (Wildman–Crippen MR) is 124 cm³/mol.